The number of nitrogens with one attached hydrogen (secondary N) is 2. The lowest BCUT2D eigenvalue weighted by atomic mass is 9.98. The standard InChI is InChI=1S/C18H30N2O2/c1-14(2)18-6-5-17(11-15(18)3)22-13-16(21)12-20-9-7-19(4)8-10-20/h5-6,11,14,16,21H,7-10,12-13H2,1-4H3/p+2/t16-/m1/s1. The molecule has 1 aliphatic heterocycles. The number of aliphatic hydroxyl groups is 1. The van der Waals surface area contributed by atoms with Gasteiger partial charge in [0.2, 0.25) is 0 Å². The van der Waals surface area contributed by atoms with Crippen molar-refractivity contribution in [1.29, 1.82) is 0 Å². The normalized spacial score (nSPS) is 23.5. The number of benzene rings is 1. The van der Waals surface area contributed by atoms with Crippen LogP contribution in [-0.4, -0.2) is 57.6 Å². The van der Waals surface area contributed by atoms with Crippen molar-refractivity contribution in [3.8, 4) is 5.75 Å². The fourth-order valence-electron chi connectivity index (χ4n) is 3.20. The van der Waals surface area contributed by atoms with Crippen LogP contribution in [0.1, 0.15) is 30.9 Å². The predicted molar refractivity (Wildman–Crippen MR) is 89.0 cm³/mol. The van der Waals surface area contributed by atoms with E-state index in [1.165, 1.54) is 29.1 Å². The zero-order valence-electron chi connectivity index (χ0n) is 14.5. The Bertz CT molecular complexity index is 468. The second kappa shape index (κ2) is 7.95. The van der Waals surface area contributed by atoms with Crippen LogP contribution < -0.4 is 14.5 Å². The number of likely N-dealkylation sites (N-methyl/N-ethyl adjacent to an activating group) is 1. The van der Waals surface area contributed by atoms with Crippen LogP contribution in [0.15, 0.2) is 18.2 Å². The lowest BCUT2D eigenvalue weighted by Crippen LogP contribution is -3.27. The van der Waals surface area contributed by atoms with E-state index in [0.29, 0.717) is 12.5 Å². The van der Waals surface area contributed by atoms with Crippen LogP contribution in [-0.2, 0) is 0 Å². The van der Waals surface area contributed by atoms with Gasteiger partial charge in [-0.1, -0.05) is 19.9 Å². The number of quaternary nitrogens is 2. The van der Waals surface area contributed by atoms with Crippen molar-refractivity contribution >= 4 is 0 Å². The first-order valence-corrected chi connectivity index (χ1v) is 8.52. The van der Waals surface area contributed by atoms with Crippen molar-refractivity contribution < 1.29 is 19.6 Å². The van der Waals surface area contributed by atoms with Gasteiger partial charge >= 0.3 is 0 Å². The molecule has 1 aromatic rings. The van der Waals surface area contributed by atoms with Crippen LogP contribution >= 0.6 is 0 Å². The second-order valence-corrected chi connectivity index (χ2v) is 7.05. The maximum atomic E-state index is 10.2. The summed E-state index contributed by atoms with van der Waals surface area (Å²) >= 11 is 0. The van der Waals surface area contributed by atoms with E-state index in [4.69, 9.17) is 4.74 Å². The molecule has 1 fully saturated rings. The number of aryl methyl sites for hydroxylation is 1. The SMILES string of the molecule is Cc1cc(OC[C@H](O)C[NH+]2CC[NH+](C)CC2)ccc1C(C)C. The summed E-state index contributed by atoms with van der Waals surface area (Å²) in [6.07, 6.45) is -0.390. The highest BCUT2D eigenvalue weighted by molar-refractivity contribution is 5.36. The lowest BCUT2D eigenvalue weighted by Gasteiger charge is -2.28. The number of hydrogen-bond acceptors (Lipinski definition) is 2. The molecule has 1 heterocycles. The third-order valence-corrected chi connectivity index (χ3v) is 4.64. The van der Waals surface area contributed by atoms with Crippen LogP contribution in [0, 0.1) is 6.92 Å². The maximum absolute atomic E-state index is 10.2. The van der Waals surface area contributed by atoms with Gasteiger partial charge in [-0.15, -0.1) is 0 Å². The molecule has 1 aromatic carbocycles. The minimum absolute atomic E-state index is 0.382. The van der Waals surface area contributed by atoms with Gasteiger partial charge in [0.25, 0.3) is 0 Å². The van der Waals surface area contributed by atoms with Gasteiger partial charge in [0.05, 0.1) is 7.05 Å². The zero-order chi connectivity index (χ0) is 16.1. The Morgan fingerprint density at radius 3 is 2.45 bits per heavy atom. The van der Waals surface area contributed by atoms with Crippen molar-refractivity contribution in [3.05, 3.63) is 29.3 Å². The summed E-state index contributed by atoms with van der Waals surface area (Å²) in [5.41, 5.74) is 2.62. The molecule has 1 saturated heterocycles. The molecule has 1 atom stereocenters. The number of ether oxygens (including phenoxy) is 1. The molecule has 0 unspecified atom stereocenters. The van der Waals surface area contributed by atoms with Crippen molar-refractivity contribution in [3.63, 3.8) is 0 Å². The van der Waals surface area contributed by atoms with Gasteiger partial charge in [0.15, 0.2) is 0 Å². The van der Waals surface area contributed by atoms with E-state index >= 15 is 0 Å². The Hall–Kier alpha value is -1.10. The molecule has 0 spiro atoms. The minimum Gasteiger partial charge on any atom is -0.491 e. The van der Waals surface area contributed by atoms with Crippen molar-refractivity contribution in [2.45, 2.75) is 32.8 Å². The first-order chi connectivity index (χ1) is 10.5. The molecule has 4 heteroatoms. The molecule has 0 saturated carbocycles. The highest BCUT2D eigenvalue weighted by atomic mass is 16.5. The molecule has 0 bridgehead atoms. The van der Waals surface area contributed by atoms with Gasteiger partial charge in [-0.05, 0) is 36.1 Å². The topological polar surface area (TPSA) is 38.3 Å². The molecule has 1 aliphatic rings. The summed E-state index contributed by atoms with van der Waals surface area (Å²) in [6, 6.07) is 6.23. The van der Waals surface area contributed by atoms with Crippen LogP contribution in [0.5, 0.6) is 5.75 Å². The molecule has 124 valence electrons. The number of piperazine rings is 1. The van der Waals surface area contributed by atoms with Crippen LogP contribution in [0.25, 0.3) is 0 Å². The Kier molecular flexibility index (Phi) is 6.24. The van der Waals surface area contributed by atoms with Gasteiger partial charge < -0.3 is 19.6 Å². The van der Waals surface area contributed by atoms with Gasteiger partial charge in [-0.3, -0.25) is 0 Å². The van der Waals surface area contributed by atoms with Gasteiger partial charge in [0.1, 0.15) is 51.2 Å². The summed E-state index contributed by atoms with van der Waals surface area (Å²) in [5.74, 6) is 1.39. The number of rotatable bonds is 6. The molecule has 22 heavy (non-hydrogen) atoms. The average Bonchev–Trinajstić information content (AvgIpc) is 2.47. The van der Waals surface area contributed by atoms with Crippen molar-refractivity contribution in [2.75, 3.05) is 46.4 Å². The monoisotopic (exact) mass is 308 g/mol. The molecule has 0 aromatic heterocycles. The predicted octanol–water partition coefficient (Wildman–Crippen LogP) is -0.729. The van der Waals surface area contributed by atoms with Gasteiger partial charge in [0, 0.05) is 0 Å². The highest BCUT2D eigenvalue weighted by Crippen LogP contribution is 2.23. The summed E-state index contributed by atoms with van der Waals surface area (Å²) < 4.78 is 5.78. The Balaban J connectivity index is 1.78. The van der Waals surface area contributed by atoms with E-state index in [-0.39, 0.29) is 0 Å². The van der Waals surface area contributed by atoms with Gasteiger partial charge in [-0.25, -0.2) is 0 Å². The summed E-state index contributed by atoms with van der Waals surface area (Å²) in [6.45, 7) is 12.4. The van der Waals surface area contributed by atoms with Crippen LogP contribution in [0.4, 0.5) is 0 Å². The molecule has 3 N–H and O–H groups in total. The molecular weight excluding hydrogens is 276 g/mol. The summed E-state index contributed by atoms with van der Waals surface area (Å²) in [5, 5.41) is 10.2. The Morgan fingerprint density at radius 1 is 1.18 bits per heavy atom. The van der Waals surface area contributed by atoms with Crippen molar-refractivity contribution in [1.82, 2.24) is 0 Å². The fourth-order valence-corrected chi connectivity index (χ4v) is 3.20. The average molecular weight is 308 g/mol. The summed E-state index contributed by atoms with van der Waals surface area (Å²) in [7, 11) is 2.24. The second-order valence-electron chi connectivity index (χ2n) is 7.05. The molecule has 0 amide bonds. The molecule has 0 radical (unpaired) electrons. The van der Waals surface area contributed by atoms with Crippen molar-refractivity contribution in [2.24, 2.45) is 0 Å². The zero-order valence-corrected chi connectivity index (χ0v) is 14.5. The third-order valence-electron chi connectivity index (χ3n) is 4.64. The first-order valence-electron chi connectivity index (χ1n) is 8.52. The number of hydrogen-bond donors (Lipinski definition) is 3. The third kappa shape index (κ3) is 4.97. The molecule has 2 rings (SSSR count). The first kappa shape index (κ1) is 17.3. The van der Waals surface area contributed by atoms with E-state index in [2.05, 4.69) is 40.0 Å². The highest BCUT2D eigenvalue weighted by Gasteiger charge is 2.22. The molecular formula is C18H32N2O2+2. The maximum Gasteiger partial charge on any atom is 0.137 e. The Labute approximate surface area is 134 Å². The Morgan fingerprint density at radius 2 is 1.86 bits per heavy atom. The van der Waals surface area contributed by atoms with E-state index in [1.807, 2.05) is 6.07 Å². The molecule has 0 aliphatic carbocycles. The largest absolute Gasteiger partial charge is 0.491 e. The van der Waals surface area contributed by atoms with E-state index in [9.17, 15) is 5.11 Å². The van der Waals surface area contributed by atoms with E-state index in [1.54, 1.807) is 4.90 Å². The van der Waals surface area contributed by atoms with Crippen LogP contribution in [0.2, 0.25) is 0 Å². The van der Waals surface area contributed by atoms with Gasteiger partial charge in [-0.2, -0.15) is 0 Å². The summed E-state index contributed by atoms with van der Waals surface area (Å²) in [4.78, 5) is 3.09. The molecule has 4 nitrogen and oxygen atoms in total. The smallest absolute Gasteiger partial charge is 0.137 e. The fraction of sp³-hybridized carbons (Fsp3) is 0.667. The van der Waals surface area contributed by atoms with E-state index < -0.39 is 6.10 Å². The lowest BCUT2D eigenvalue weighted by molar-refractivity contribution is -1.00. The van der Waals surface area contributed by atoms with Crippen LogP contribution in [0.3, 0.4) is 0 Å². The van der Waals surface area contributed by atoms with E-state index in [0.717, 1.165) is 25.4 Å². The quantitative estimate of drug-likeness (QED) is 0.648. The number of aliphatic hydroxyl groups excluding tert-OH is 1. The minimum atomic E-state index is -0.390.